The van der Waals surface area contributed by atoms with Gasteiger partial charge in [0.25, 0.3) is 0 Å². The highest BCUT2D eigenvalue weighted by Gasteiger charge is 2.14. The Morgan fingerprint density at radius 2 is 1.65 bits per heavy atom. The summed E-state index contributed by atoms with van der Waals surface area (Å²) in [5.41, 5.74) is 1.48. The lowest BCUT2D eigenvalue weighted by Gasteiger charge is -2.15. The highest BCUT2D eigenvalue weighted by atomic mass is 16.5. The number of carbonyl (C=O) groups is 2. The van der Waals surface area contributed by atoms with Crippen molar-refractivity contribution in [1.82, 2.24) is 0 Å². The van der Waals surface area contributed by atoms with Crippen molar-refractivity contribution in [1.29, 1.82) is 0 Å². The summed E-state index contributed by atoms with van der Waals surface area (Å²) in [6.45, 7) is 5.93. The molecule has 0 aromatic heterocycles. The first-order chi connectivity index (χ1) is 12.5. The van der Waals surface area contributed by atoms with Crippen LogP contribution in [0.4, 0.5) is 11.4 Å². The van der Waals surface area contributed by atoms with E-state index in [4.69, 9.17) is 9.47 Å². The summed E-state index contributed by atoms with van der Waals surface area (Å²) in [6, 6.07) is 14.2. The molecule has 0 bridgehead atoms. The first kappa shape index (κ1) is 19.3. The van der Waals surface area contributed by atoms with Gasteiger partial charge in [-0.15, -0.1) is 0 Å². The van der Waals surface area contributed by atoms with Gasteiger partial charge in [0.2, 0.25) is 5.91 Å². The molecule has 2 N–H and O–H groups in total. The van der Waals surface area contributed by atoms with Gasteiger partial charge >= 0.3 is 5.97 Å². The van der Waals surface area contributed by atoms with Crippen molar-refractivity contribution in [3.8, 4) is 5.75 Å². The average Bonchev–Trinajstić information content (AvgIpc) is 2.61. The summed E-state index contributed by atoms with van der Waals surface area (Å²) >= 11 is 0. The van der Waals surface area contributed by atoms with Crippen LogP contribution in [0.1, 0.15) is 31.1 Å². The lowest BCUT2D eigenvalue weighted by Crippen LogP contribution is -2.23. The molecule has 0 atom stereocenters. The summed E-state index contributed by atoms with van der Waals surface area (Å²) in [6.07, 6.45) is 0.0308. The van der Waals surface area contributed by atoms with E-state index in [9.17, 15) is 9.59 Å². The molecule has 6 nitrogen and oxygen atoms in total. The number of hydrogen-bond donors (Lipinski definition) is 2. The SMILES string of the molecule is CCOC(=O)c1ccccc1NC(=O)CNc1ccccc1OC(C)C. The van der Waals surface area contributed by atoms with Crippen LogP contribution in [0.2, 0.25) is 0 Å². The third-order valence-electron chi connectivity index (χ3n) is 3.39. The van der Waals surface area contributed by atoms with Gasteiger partial charge in [-0.1, -0.05) is 24.3 Å². The molecule has 0 aliphatic carbocycles. The number of benzene rings is 2. The van der Waals surface area contributed by atoms with Crippen molar-refractivity contribution in [3.05, 3.63) is 54.1 Å². The van der Waals surface area contributed by atoms with Crippen LogP contribution in [0, 0.1) is 0 Å². The molecule has 0 spiro atoms. The molecule has 0 heterocycles. The summed E-state index contributed by atoms with van der Waals surface area (Å²) in [4.78, 5) is 24.3. The molecular weight excluding hydrogens is 332 g/mol. The predicted octanol–water partition coefficient (Wildman–Crippen LogP) is 3.70. The van der Waals surface area contributed by atoms with Crippen LogP contribution in [0.15, 0.2) is 48.5 Å². The van der Waals surface area contributed by atoms with Crippen LogP contribution in [-0.4, -0.2) is 31.1 Å². The van der Waals surface area contributed by atoms with Gasteiger partial charge in [-0.2, -0.15) is 0 Å². The second-order valence-corrected chi connectivity index (χ2v) is 5.83. The predicted molar refractivity (Wildman–Crippen MR) is 102 cm³/mol. The molecule has 0 aliphatic rings. The Morgan fingerprint density at radius 1 is 1.00 bits per heavy atom. The van der Waals surface area contributed by atoms with Gasteiger partial charge in [-0.25, -0.2) is 4.79 Å². The molecule has 1 amide bonds. The Kier molecular flexibility index (Phi) is 7.02. The van der Waals surface area contributed by atoms with Crippen LogP contribution < -0.4 is 15.4 Å². The van der Waals surface area contributed by atoms with E-state index >= 15 is 0 Å². The number of para-hydroxylation sites is 3. The summed E-state index contributed by atoms with van der Waals surface area (Å²) in [7, 11) is 0. The quantitative estimate of drug-likeness (QED) is 0.705. The minimum Gasteiger partial charge on any atom is -0.489 e. The molecule has 0 fully saturated rings. The van der Waals surface area contributed by atoms with Crippen molar-refractivity contribution in [2.24, 2.45) is 0 Å². The van der Waals surface area contributed by atoms with Crippen molar-refractivity contribution in [2.75, 3.05) is 23.8 Å². The van der Waals surface area contributed by atoms with Gasteiger partial charge in [0.05, 0.1) is 36.2 Å². The molecule has 2 rings (SSSR count). The number of hydrogen-bond acceptors (Lipinski definition) is 5. The topological polar surface area (TPSA) is 76.7 Å². The van der Waals surface area contributed by atoms with Crippen molar-refractivity contribution in [3.63, 3.8) is 0 Å². The fraction of sp³-hybridized carbons (Fsp3) is 0.300. The number of rotatable bonds is 8. The fourth-order valence-electron chi connectivity index (χ4n) is 2.32. The Morgan fingerprint density at radius 3 is 2.35 bits per heavy atom. The maximum absolute atomic E-state index is 12.3. The smallest absolute Gasteiger partial charge is 0.340 e. The summed E-state index contributed by atoms with van der Waals surface area (Å²) in [5.74, 6) is -0.0599. The molecule has 0 unspecified atom stereocenters. The Labute approximate surface area is 153 Å². The van der Waals surface area contributed by atoms with Gasteiger partial charge in [0, 0.05) is 0 Å². The first-order valence-corrected chi connectivity index (χ1v) is 8.56. The molecule has 26 heavy (non-hydrogen) atoms. The number of carbonyl (C=O) groups excluding carboxylic acids is 2. The van der Waals surface area contributed by atoms with Gasteiger partial charge < -0.3 is 20.1 Å². The Hall–Kier alpha value is -3.02. The highest BCUT2D eigenvalue weighted by Crippen LogP contribution is 2.24. The van der Waals surface area contributed by atoms with Crippen LogP contribution in [0.3, 0.4) is 0 Å². The molecule has 0 saturated heterocycles. The largest absolute Gasteiger partial charge is 0.489 e. The molecule has 0 aliphatic heterocycles. The van der Waals surface area contributed by atoms with Gasteiger partial charge in [0.15, 0.2) is 0 Å². The highest BCUT2D eigenvalue weighted by molar-refractivity contribution is 6.02. The lowest BCUT2D eigenvalue weighted by molar-refractivity contribution is -0.114. The van der Waals surface area contributed by atoms with Crippen molar-refractivity contribution >= 4 is 23.3 Å². The molecule has 2 aromatic carbocycles. The van der Waals surface area contributed by atoms with E-state index in [1.165, 1.54) is 0 Å². The molecular formula is C20H24N2O4. The number of nitrogens with one attached hydrogen (secondary N) is 2. The number of esters is 1. The number of ether oxygens (including phenoxy) is 2. The van der Waals surface area contributed by atoms with Crippen LogP contribution in [-0.2, 0) is 9.53 Å². The zero-order valence-corrected chi connectivity index (χ0v) is 15.2. The second kappa shape index (κ2) is 9.46. The number of anilines is 2. The van der Waals surface area contributed by atoms with E-state index in [0.717, 1.165) is 5.69 Å². The lowest BCUT2D eigenvalue weighted by atomic mass is 10.2. The van der Waals surface area contributed by atoms with Gasteiger partial charge in [-0.3, -0.25) is 4.79 Å². The minimum atomic E-state index is -0.466. The molecule has 6 heteroatoms. The summed E-state index contributed by atoms with van der Waals surface area (Å²) in [5, 5.41) is 5.80. The van der Waals surface area contributed by atoms with E-state index in [1.54, 1.807) is 31.2 Å². The van der Waals surface area contributed by atoms with Crippen LogP contribution >= 0.6 is 0 Å². The van der Waals surface area contributed by atoms with E-state index in [0.29, 0.717) is 17.0 Å². The van der Waals surface area contributed by atoms with Gasteiger partial charge in [0.1, 0.15) is 5.75 Å². The molecule has 0 saturated carbocycles. The third kappa shape index (κ3) is 5.51. The average molecular weight is 356 g/mol. The van der Waals surface area contributed by atoms with Crippen LogP contribution in [0.25, 0.3) is 0 Å². The Bertz CT molecular complexity index is 759. The van der Waals surface area contributed by atoms with E-state index in [1.807, 2.05) is 38.1 Å². The fourth-order valence-corrected chi connectivity index (χ4v) is 2.32. The standard InChI is InChI=1S/C20H24N2O4/c1-4-25-20(24)15-9-5-6-10-16(15)22-19(23)13-21-17-11-7-8-12-18(17)26-14(2)3/h5-12,14,21H,4,13H2,1-3H3,(H,22,23). The summed E-state index contributed by atoms with van der Waals surface area (Å²) < 4.78 is 10.7. The normalized spacial score (nSPS) is 10.3. The molecule has 138 valence electrons. The molecule has 2 aromatic rings. The van der Waals surface area contributed by atoms with Crippen molar-refractivity contribution in [2.45, 2.75) is 26.9 Å². The monoisotopic (exact) mass is 356 g/mol. The second-order valence-electron chi connectivity index (χ2n) is 5.83. The van der Waals surface area contributed by atoms with Crippen molar-refractivity contribution < 1.29 is 19.1 Å². The van der Waals surface area contributed by atoms with E-state index in [-0.39, 0.29) is 25.2 Å². The van der Waals surface area contributed by atoms with Crippen LogP contribution in [0.5, 0.6) is 5.75 Å². The first-order valence-electron chi connectivity index (χ1n) is 8.56. The van der Waals surface area contributed by atoms with E-state index < -0.39 is 5.97 Å². The Balaban J connectivity index is 2.01. The third-order valence-corrected chi connectivity index (χ3v) is 3.39. The van der Waals surface area contributed by atoms with Gasteiger partial charge in [-0.05, 0) is 45.0 Å². The minimum absolute atomic E-state index is 0.0308. The maximum atomic E-state index is 12.3. The van der Waals surface area contributed by atoms with E-state index in [2.05, 4.69) is 10.6 Å². The number of amides is 1. The molecule has 0 radical (unpaired) electrons. The zero-order chi connectivity index (χ0) is 18.9. The zero-order valence-electron chi connectivity index (χ0n) is 15.2. The maximum Gasteiger partial charge on any atom is 0.340 e.